The number of carbonyl (C=O) groups excluding carboxylic acids is 2. The van der Waals surface area contributed by atoms with E-state index < -0.39 is 5.91 Å². The first-order valence-electron chi connectivity index (χ1n) is 8.78. The highest BCUT2D eigenvalue weighted by atomic mass is 16.5. The number of anilines is 1. The molecule has 1 heterocycles. The first-order chi connectivity index (χ1) is 13.6. The number of ether oxygens (including phenoxy) is 1. The second kappa shape index (κ2) is 8.81. The molecule has 3 rings (SSSR count). The molecule has 0 unspecified atom stereocenters. The maximum absolute atomic E-state index is 12.7. The molecule has 0 radical (unpaired) electrons. The first kappa shape index (κ1) is 19.1. The molecule has 0 atom stereocenters. The van der Waals surface area contributed by atoms with Gasteiger partial charge in [-0.05, 0) is 29.8 Å². The maximum Gasteiger partial charge on any atom is 0.274 e. The Hall–Kier alpha value is -3.67. The van der Waals surface area contributed by atoms with E-state index in [9.17, 15) is 9.59 Å². The third kappa shape index (κ3) is 4.73. The van der Waals surface area contributed by atoms with Gasteiger partial charge in [0.15, 0.2) is 0 Å². The molecule has 1 N–H and O–H groups in total. The lowest BCUT2D eigenvalue weighted by atomic mass is 10.2. The van der Waals surface area contributed by atoms with Crippen molar-refractivity contribution in [3.05, 3.63) is 89.7 Å². The van der Waals surface area contributed by atoms with Crippen molar-refractivity contribution < 1.29 is 14.3 Å². The summed E-state index contributed by atoms with van der Waals surface area (Å²) in [7, 11) is 3.27. The minimum Gasteiger partial charge on any atom is -0.497 e. The van der Waals surface area contributed by atoms with Crippen molar-refractivity contribution in [2.45, 2.75) is 6.54 Å². The largest absolute Gasteiger partial charge is 0.497 e. The summed E-state index contributed by atoms with van der Waals surface area (Å²) in [5.41, 5.74) is 1.99. The van der Waals surface area contributed by atoms with Crippen LogP contribution in [0.1, 0.15) is 26.5 Å². The van der Waals surface area contributed by atoms with E-state index in [2.05, 4.69) is 10.3 Å². The Balaban J connectivity index is 1.72. The first-order valence-corrected chi connectivity index (χ1v) is 8.78. The predicted octanol–water partition coefficient (Wildman–Crippen LogP) is 3.61. The van der Waals surface area contributed by atoms with Gasteiger partial charge in [-0.25, -0.2) is 4.98 Å². The number of benzene rings is 2. The number of nitrogens with zero attached hydrogens (tertiary/aromatic N) is 2. The summed E-state index contributed by atoms with van der Waals surface area (Å²) in [4.78, 5) is 31.0. The number of aromatic nitrogens is 1. The van der Waals surface area contributed by atoms with Crippen LogP contribution in [0.4, 0.5) is 5.69 Å². The lowest BCUT2D eigenvalue weighted by molar-refractivity contribution is 0.0779. The average Bonchev–Trinajstić information content (AvgIpc) is 2.74. The summed E-state index contributed by atoms with van der Waals surface area (Å²) in [6.07, 6.45) is 0. The standard InChI is InChI=1S/C22H21N3O3/c1-25(15-16-8-4-3-5-9-16)22(27)20-13-7-12-19(24-20)21(26)23-17-10-6-11-18(14-17)28-2/h3-14H,15H2,1-2H3,(H,23,26). The molecule has 0 aliphatic heterocycles. The van der Waals surface area contributed by atoms with Crippen LogP contribution in [0, 0.1) is 0 Å². The van der Waals surface area contributed by atoms with Crippen LogP contribution < -0.4 is 10.1 Å². The molecule has 28 heavy (non-hydrogen) atoms. The summed E-state index contributed by atoms with van der Waals surface area (Å²) in [5.74, 6) is -0.00859. The van der Waals surface area contributed by atoms with Crippen LogP contribution in [0.5, 0.6) is 5.75 Å². The Bertz CT molecular complexity index is 974. The van der Waals surface area contributed by atoms with Crippen LogP contribution in [-0.4, -0.2) is 35.9 Å². The molecular weight excluding hydrogens is 354 g/mol. The van der Waals surface area contributed by atoms with Crippen molar-refractivity contribution >= 4 is 17.5 Å². The third-order valence-electron chi connectivity index (χ3n) is 4.14. The van der Waals surface area contributed by atoms with Crippen molar-refractivity contribution in [1.82, 2.24) is 9.88 Å². The Morgan fingerprint density at radius 2 is 1.68 bits per heavy atom. The molecule has 0 spiro atoms. The molecule has 0 saturated carbocycles. The molecule has 3 aromatic rings. The number of methoxy groups -OCH3 is 1. The highest BCUT2D eigenvalue weighted by molar-refractivity contribution is 6.03. The van der Waals surface area contributed by atoms with E-state index in [0.717, 1.165) is 5.56 Å². The number of carbonyl (C=O) groups is 2. The Kier molecular flexibility index (Phi) is 6.01. The van der Waals surface area contributed by atoms with Gasteiger partial charge in [0.25, 0.3) is 11.8 Å². The van der Waals surface area contributed by atoms with Crippen molar-refractivity contribution in [3.63, 3.8) is 0 Å². The molecule has 0 saturated heterocycles. The molecule has 0 fully saturated rings. The molecule has 142 valence electrons. The fraction of sp³-hybridized carbons (Fsp3) is 0.136. The highest BCUT2D eigenvalue weighted by Crippen LogP contribution is 2.17. The smallest absolute Gasteiger partial charge is 0.274 e. The zero-order valence-electron chi connectivity index (χ0n) is 15.8. The van der Waals surface area contributed by atoms with Crippen LogP contribution in [-0.2, 0) is 6.54 Å². The molecule has 6 heteroatoms. The molecule has 0 bridgehead atoms. The lowest BCUT2D eigenvalue weighted by Gasteiger charge is -2.17. The van der Waals surface area contributed by atoms with E-state index >= 15 is 0 Å². The molecule has 6 nitrogen and oxygen atoms in total. The summed E-state index contributed by atoms with van der Waals surface area (Å²) < 4.78 is 5.15. The van der Waals surface area contributed by atoms with E-state index in [0.29, 0.717) is 18.0 Å². The monoisotopic (exact) mass is 375 g/mol. The average molecular weight is 375 g/mol. The summed E-state index contributed by atoms with van der Waals surface area (Å²) in [6.45, 7) is 0.460. The van der Waals surface area contributed by atoms with E-state index in [1.165, 1.54) is 0 Å². The SMILES string of the molecule is COc1cccc(NC(=O)c2cccc(C(=O)N(C)Cc3ccccc3)n2)c1. The van der Waals surface area contributed by atoms with Crippen LogP contribution >= 0.6 is 0 Å². The van der Waals surface area contributed by atoms with Crippen LogP contribution in [0.3, 0.4) is 0 Å². The van der Waals surface area contributed by atoms with Crippen LogP contribution in [0.15, 0.2) is 72.8 Å². The van der Waals surface area contributed by atoms with Gasteiger partial charge in [0.05, 0.1) is 7.11 Å². The van der Waals surface area contributed by atoms with Gasteiger partial charge >= 0.3 is 0 Å². The number of rotatable bonds is 6. The number of hydrogen-bond donors (Lipinski definition) is 1. The minimum atomic E-state index is -0.395. The summed E-state index contributed by atoms with van der Waals surface area (Å²) >= 11 is 0. The van der Waals surface area contributed by atoms with Gasteiger partial charge < -0.3 is 15.0 Å². The van der Waals surface area contributed by atoms with Gasteiger partial charge in [0, 0.05) is 25.3 Å². The van der Waals surface area contributed by atoms with Crippen molar-refractivity contribution in [1.29, 1.82) is 0 Å². The molecule has 0 aliphatic carbocycles. The number of amides is 2. The van der Waals surface area contributed by atoms with Gasteiger partial charge in [-0.15, -0.1) is 0 Å². The topological polar surface area (TPSA) is 71.5 Å². The lowest BCUT2D eigenvalue weighted by Crippen LogP contribution is -2.27. The highest BCUT2D eigenvalue weighted by Gasteiger charge is 2.16. The van der Waals surface area contributed by atoms with Gasteiger partial charge in [0.1, 0.15) is 17.1 Å². The van der Waals surface area contributed by atoms with E-state index in [-0.39, 0.29) is 17.3 Å². The molecule has 2 aromatic carbocycles. The van der Waals surface area contributed by atoms with Crippen LogP contribution in [0.2, 0.25) is 0 Å². The van der Waals surface area contributed by atoms with E-state index in [1.807, 2.05) is 30.3 Å². The molecular formula is C22H21N3O3. The second-order valence-electron chi connectivity index (χ2n) is 6.24. The summed E-state index contributed by atoms with van der Waals surface area (Å²) in [6, 6.07) is 21.5. The van der Waals surface area contributed by atoms with Gasteiger partial charge in [0.2, 0.25) is 0 Å². The zero-order valence-corrected chi connectivity index (χ0v) is 15.8. The molecule has 0 aliphatic rings. The normalized spacial score (nSPS) is 10.2. The van der Waals surface area contributed by atoms with Gasteiger partial charge in [-0.2, -0.15) is 0 Å². The fourth-order valence-corrected chi connectivity index (χ4v) is 2.70. The maximum atomic E-state index is 12.7. The molecule has 2 amide bonds. The third-order valence-corrected chi connectivity index (χ3v) is 4.14. The molecule has 1 aromatic heterocycles. The van der Waals surface area contributed by atoms with E-state index in [4.69, 9.17) is 4.74 Å². The van der Waals surface area contributed by atoms with Crippen molar-refractivity contribution in [3.8, 4) is 5.75 Å². The number of pyridine rings is 1. The predicted molar refractivity (Wildman–Crippen MR) is 107 cm³/mol. The quantitative estimate of drug-likeness (QED) is 0.714. The van der Waals surface area contributed by atoms with Crippen molar-refractivity contribution in [2.75, 3.05) is 19.5 Å². The second-order valence-corrected chi connectivity index (χ2v) is 6.24. The Morgan fingerprint density at radius 1 is 0.964 bits per heavy atom. The zero-order chi connectivity index (χ0) is 19.9. The fourth-order valence-electron chi connectivity index (χ4n) is 2.70. The number of hydrogen-bond acceptors (Lipinski definition) is 4. The van der Waals surface area contributed by atoms with Gasteiger partial charge in [-0.3, -0.25) is 9.59 Å². The Morgan fingerprint density at radius 3 is 2.43 bits per heavy atom. The van der Waals surface area contributed by atoms with E-state index in [1.54, 1.807) is 61.5 Å². The number of nitrogens with one attached hydrogen (secondary N) is 1. The van der Waals surface area contributed by atoms with Crippen molar-refractivity contribution in [2.24, 2.45) is 0 Å². The van der Waals surface area contributed by atoms with Crippen LogP contribution in [0.25, 0.3) is 0 Å². The minimum absolute atomic E-state index is 0.168. The van der Waals surface area contributed by atoms with Gasteiger partial charge in [-0.1, -0.05) is 42.5 Å². The summed E-state index contributed by atoms with van der Waals surface area (Å²) in [5, 5.41) is 2.76. The Labute approximate surface area is 163 Å².